The maximum Gasteiger partial charge on any atom is 0.231 e. The standard InChI is InChI=1S/C15H18N4OS/c1-2-3-10-19(14(20)12-4-5-12)15-18-17-13(21-15)11-6-8-16-9-7-11/h6-9,12H,2-5,10H2,1H3. The van der Waals surface area contributed by atoms with Crippen LogP contribution in [-0.2, 0) is 4.79 Å². The molecule has 1 fully saturated rings. The summed E-state index contributed by atoms with van der Waals surface area (Å²) < 4.78 is 0. The van der Waals surface area contributed by atoms with E-state index < -0.39 is 0 Å². The lowest BCUT2D eigenvalue weighted by Crippen LogP contribution is -2.33. The van der Waals surface area contributed by atoms with Gasteiger partial charge >= 0.3 is 0 Å². The van der Waals surface area contributed by atoms with Crippen molar-refractivity contribution in [2.45, 2.75) is 32.6 Å². The number of carbonyl (C=O) groups excluding carboxylic acids is 1. The molecule has 1 amide bonds. The molecule has 2 heterocycles. The molecule has 1 aliphatic carbocycles. The minimum Gasteiger partial charge on any atom is -0.286 e. The molecule has 0 N–H and O–H groups in total. The lowest BCUT2D eigenvalue weighted by Gasteiger charge is -2.18. The fraction of sp³-hybridized carbons (Fsp3) is 0.467. The molecule has 0 aliphatic heterocycles. The number of unbranched alkanes of at least 4 members (excludes halogenated alkanes) is 1. The van der Waals surface area contributed by atoms with Gasteiger partial charge in [0.2, 0.25) is 11.0 Å². The molecule has 0 radical (unpaired) electrons. The fourth-order valence-corrected chi connectivity index (χ4v) is 2.98. The summed E-state index contributed by atoms with van der Waals surface area (Å²) in [5, 5.41) is 10.0. The van der Waals surface area contributed by atoms with Crippen LogP contribution in [0.1, 0.15) is 32.6 Å². The van der Waals surface area contributed by atoms with Gasteiger partial charge < -0.3 is 0 Å². The second kappa shape index (κ2) is 6.30. The fourth-order valence-electron chi connectivity index (χ4n) is 2.10. The molecule has 2 aromatic heterocycles. The van der Waals surface area contributed by atoms with Crippen molar-refractivity contribution in [2.24, 2.45) is 5.92 Å². The summed E-state index contributed by atoms with van der Waals surface area (Å²) in [5.41, 5.74) is 0.989. The monoisotopic (exact) mass is 302 g/mol. The van der Waals surface area contributed by atoms with Gasteiger partial charge in [0.05, 0.1) is 0 Å². The smallest absolute Gasteiger partial charge is 0.231 e. The van der Waals surface area contributed by atoms with Crippen molar-refractivity contribution in [3.8, 4) is 10.6 Å². The van der Waals surface area contributed by atoms with Crippen molar-refractivity contribution in [3.05, 3.63) is 24.5 Å². The summed E-state index contributed by atoms with van der Waals surface area (Å²) in [7, 11) is 0. The Morgan fingerprint density at radius 3 is 2.76 bits per heavy atom. The predicted molar refractivity (Wildman–Crippen MR) is 83.1 cm³/mol. The number of nitrogens with zero attached hydrogens (tertiary/aromatic N) is 4. The van der Waals surface area contributed by atoms with E-state index in [2.05, 4.69) is 22.1 Å². The number of carbonyl (C=O) groups is 1. The van der Waals surface area contributed by atoms with E-state index in [4.69, 9.17) is 0 Å². The molecule has 0 saturated heterocycles. The molecule has 110 valence electrons. The van der Waals surface area contributed by atoms with Gasteiger partial charge in [-0.25, -0.2) is 0 Å². The molecule has 1 aliphatic rings. The molecule has 0 unspecified atom stereocenters. The first kappa shape index (κ1) is 14.1. The molecule has 0 aromatic carbocycles. The number of rotatable bonds is 6. The van der Waals surface area contributed by atoms with E-state index in [1.807, 2.05) is 17.0 Å². The van der Waals surface area contributed by atoms with Crippen molar-refractivity contribution in [2.75, 3.05) is 11.4 Å². The molecule has 0 bridgehead atoms. The van der Waals surface area contributed by atoms with Crippen LogP contribution in [0.2, 0.25) is 0 Å². The van der Waals surface area contributed by atoms with Gasteiger partial charge in [-0.3, -0.25) is 14.7 Å². The van der Waals surface area contributed by atoms with Crippen molar-refractivity contribution < 1.29 is 4.79 Å². The van der Waals surface area contributed by atoms with Crippen LogP contribution >= 0.6 is 11.3 Å². The first-order valence-corrected chi connectivity index (χ1v) is 8.16. The van der Waals surface area contributed by atoms with Gasteiger partial charge in [0, 0.05) is 30.4 Å². The molecule has 3 rings (SSSR count). The molecule has 2 aromatic rings. The van der Waals surface area contributed by atoms with Crippen molar-refractivity contribution in [1.29, 1.82) is 0 Å². The maximum absolute atomic E-state index is 12.4. The number of hydrogen-bond acceptors (Lipinski definition) is 5. The van der Waals surface area contributed by atoms with Gasteiger partial charge in [-0.05, 0) is 31.4 Å². The van der Waals surface area contributed by atoms with Crippen molar-refractivity contribution >= 4 is 22.4 Å². The summed E-state index contributed by atoms with van der Waals surface area (Å²) in [5.74, 6) is 0.413. The number of hydrogen-bond donors (Lipinski definition) is 0. The molecule has 0 spiro atoms. The molecule has 6 heteroatoms. The first-order chi connectivity index (χ1) is 10.3. The normalized spacial score (nSPS) is 14.1. The van der Waals surface area contributed by atoms with Crippen LogP contribution < -0.4 is 4.90 Å². The highest BCUT2D eigenvalue weighted by Gasteiger charge is 2.35. The molecular formula is C15H18N4OS. The lowest BCUT2D eigenvalue weighted by atomic mass is 10.3. The Morgan fingerprint density at radius 2 is 2.10 bits per heavy atom. The molecule has 21 heavy (non-hydrogen) atoms. The van der Waals surface area contributed by atoms with Crippen LogP contribution in [0.4, 0.5) is 5.13 Å². The third-order valence-electron chi connectivity index (χ3n) is 3.50. The van der Waals surface area contributed by atoms with Crippen LogP contribution in [0, 0.1) is 5.92 Å². The zero-order valence-corrected chi connectivity index (χ0v) is 12.8. The highest BCUT2D eigenvalue weighted by Crippen LogP contribution is 2.35. The van der Waals surface area contributed by atoms with Gasteiger partial charge in [-0.2, -0.15) is 0 Å². The summed E-state index contributed by atoms with van der Waals surface area (Å²) >= 11 is 1.47. The number of anilines is 1. The maximum atomic E-state index is 12.4. The Hall–Kier alpha value is -1.82. The lowest BCUT2D eigenvalue weighted by molar-refractivity contribution is -0.119. The Balaban J connectivity index is 1.82. The summed E-state index contributed by atoms with van der Waals surface area (Å²) in [6.07, 6.45) is 7.54. The summed E-state index contributed by atoms with van der Waals surface area (Å²) in [4.78, 5) is 18.2. The average molecular weight is 302 g/mol. The summed E-state index contributed by atoms with van der Waals surface area (Å²) in [6, 6.07) is 3.81. The van der Waals surface area contributed by atoms with E-state index in [-0.39, 0.29) is 11.8 Å². The quantitative estimate of drug-likeness (QED) is 0.822. The number of amides is 1. The van der Waals surface area contributed by atoms with Gasteiger partial charge in [-0.1, -0.05) is 24.7 Å². The predicted octanol–water partition coefficient (Wildman–Crippen LogP) is 3.14. The van der Waals surface area contributed by atoms with Crippen molar-refractivity contribution in [3.63, 3.8) is 0 Å². The topological polar surface area (TPSA) is 59.0 Å². The minimum atomic E-state index is 0.204. The zero-order valence-electron chi connectivity index (χ0n) is 12.0. The van der Waals surface area contributed by atoms with E-state index >= 15 is 0 Å². The second-order valence-electron chi connectivity index (χ2n) is 5.24. The Morgan fingerprint density at radius 1 is 1.33 bits per heavy atom. The molecule has 0 atom stereocenters. The second-order valence-corrected chi connectivity index (χ2v) is 6.20. The summed E-state index contributed by atoms with van der Waals surface area (Å²) in [6.45, 7) is 2.86. The van der Waals surface area contributed by atoms with E-state index in [0.717, 1.165) is 42.8 Å². The number of pyridine rings is 1. The molecule has 5 nitrogen and oxygen atoms in total. The Labute approximate surface area is 128 Å². The number of aromatic nitrogens is 3. The van der Waals surface area contributed by atoms with E-state index in [0.29, 0.717) is 5.13 Å². The van der Waals surface area contributed by atoms with Gasteiger partial charge in [0.25, 0.3) is 0 Å². The van der Waals surface area contributed by atoms with Gasteiger partial charge in [0.1, 0.15) is 5.01 Å². The largest absolute Gasteiger partial charge is 0.286 e. The SMILES string of the molecule is CCCCN(C(=O)C1CC1)c1nnc(-c2ccncc2)s1. The third-order valence-corrected chi connectivity index (χ3v) is 4.50. The van der Waals surface area contributed by atoms with Crippen LogP contribution in [0.3, 0.4) is 0 Å². The van der Waals surface area contributed by atoms with E-state index in [1.54, 1.807) is 12.4 Å². The highest BCUT2D eigenvalue weighted by atomic mass is 32.1. The van der Waals surface area contributed by atoms with Gasteiger partial charge in [-0.15, -0.1) is 10.2 Å². The van der Waals surface area contributed by atoms with Crippen molar-refractivity contribution in [1.82, 2.24) is 15.2 Å². The third kappa shape index (κ3) is 3.26. The Bertz CT molecular complexity index is 609. The first-order valence-electron chi connectivity index (χ1n) is 7.35. The average Bonchev–Trinajstić information content (AvgIpc) is 3.27. The van der Waals surface area contributed by atoms with Crippen LogP contribution in [-0.4, -0.2) is 27.6 Å². The van der Waals surface area contributed by atoms with Crippen LogP contribution in [0.15, 0.2) is 24.5 Å². The van der Waals surface area contributed by atoms with Gasteiger partial charge in [0.15, 0.2) is 0 Å². The Kier molecular flexibility index (Phi) is 4.24. The van der Waals surface area contributed by atoms with E-state index in [9.17, 15) is 4.79 Å². The molecular weight excluding hydrogens is 284 g/mol. The van der Waals surface area contributed by atoms with E-state index in [1.165, 1.54) is 11.3 Å². The highest BCUT2D eigenvalue weighted by molar-refractivity contribution is 7.18. The van der Waals surface area contributed by atoms with Crippen LogP contribution in [0.5, 0.6) is 0 Å². The molecule has 1 saturated carbocycles. The zero-order chi connectivity index (χ0) is 14.7. The minimum absolute atomic E-state index is 0.204. The van der Waals surface area contributed by atoms with Crippen LogP contribution in [0.25, 0.3) is 10.6 Å².